The molecule has 20 heavy (non-hydrogen) atoms. The Bertz CT molecular complexity index is 607. The predicted molar refractivity (Wildman–Crippen MR) is 77.1 cm³/mol. The lowest BCUT2D eigenvalue weighted by atomic mass is 10.2. The average molecular weight is 268 g/mol. The lowest BCUT2D eigenvalue weighted by molar-refractivity contribution is -0.134. The van der Waals surface area contributed by atoms with E-state index in [2.05, 4.69) is 10.7 Å². The van der Waals surface area contributed by atoms with Gasteiger partial charge in [0.1, 0.15) is 5.69 Å². The Balaban J connectivity index is 1.85. The van der Waals surface area contributed by atoms with Crippen molar-refractivity contribution in [3.63, 3.8) is 0 Å². The lowest BCUT2D eigenvalue weighted by Crippen LogP contribution is -2.07. The summed E-state index contributed by atoms with van der Waals surface area (Å²) >= 11 is 0. The average Bonchev–Trinajstić information content (AvgIpc) is 2.52. The molecule has 2 aromatic rings. The second kappa shape index (κ2) is 6.84. The van der Waals surface area contributed by atoms with Crippen LogP contribution in [-0.4, -0.2) is 5.97 Å². The van der Waals surface area contributed by atoms with Crippen molar-refractivity contribution in [2.45, 2.75) is 0 Å². The Kier molecular flexibility index (Phi) is 4.61. The second-order valence-corrected chi connectivity index (χ2v) is 3.91. The second-order valence-electron chi connectivity index (χ2n) is 3.91. The topological polar surface area (TPSA) is 67.8 Å². The number of benzene rings is 2. The summed E-state index contributed by atoms with van der Waals surface area (Å²) in [5.74, 6) is -0.522. The smallest absolute Gasteiger partial charge is 0.339 e. The maximum Gasteiger partial charge on any atom is 0.355 e. The van der Waals surface area contributed by atoms with Crippen molar-refractivity contribution < 1.29 is 9.63 Å². The van der Waals surface area contributed by atoms with E-state index >= 15 is 0 Å². The number of anilines is 1. The van der Waals surface area contributed by atoms with Gasteiger partial charge in [0.2, 0.25) is 0 Å². The van der Waals surface area contributed by atoms with Crippen LogP contribution in [0.25, 0.3) is 6.08 Å². The van der Waals surface area contributed by atoms with Gasteiger partial charge >= 0.3 is 5.97 Å². The Labute approximate surface area is 115 Å². The molecule has 0 aliphatic carbocycles. The first kappa shape index (κ1) is 13.5. The molecule has 0 aromatic heterocycles. The largest absolute Gasteiger partial charge is 0.355 e. The van der Waals surface area contributed by atoms with Crippen LogP contribution in [-0.2, 0) is 9.63 Å². The molecule has 0 radical (unpaired) electrons. The Morgan fingerprint density at radius 2 is 1.75 bits per heavy atom. The van der Waals surface area contributed by atoms with E-state index in [0.717, 1.165) is 5.56 Å². The molecule has 0 unspecified atom stereocenters. The molecule has 0 heterocycles. The summed E-state index contributed by atoms with van der Waals surface area (Å²) in [5, 5.41) is 2.77. The third-order valence-electron chi connectivity index (χ3n) is 2.45. The normalized spacial score (nSPS) is 10.2. The predicted octanol–water partition coefficient (Wildman–Crippen LogP) is 3.67. The maximum absolute atomic E-state index is 11.5. The number of hydrogen-bond donors (Lipinski definition) is 1. The molecule has 0 atom stereocenters. The molecule has 0 aliphatic rings. The van der Waals surface area contributed by atoms with Gasteiger partial charge in [0, 0.05) is 6.08 Å². The van der Waals surface area contributed by atoms with Gasteiger partial charge in [-0.05, 0) is 41.1 Å². The molecule has 1 N–H and O–H groups in total. The first-order chi connectivity index (χ1) is 9.78. The molecule has 0 saturated heterocycles. The van der Waals surface area contributed by atoms with Gasteiger partial charge in [0.05, 0.1) is 5.69 Å². The minimum absolute atomic E-state index is 0.311. The van der Waals surface area contributed by atoms with Gasteiger partial charge in [-0.15, -0.1) is 4.91 Å². The van der Waals surface area contributed by atoms with E-state index in [1.807, 2.05) is 30.3 Å². The van der Waals surface area contributed by atoms with Gasteiger partial charge in [-0.1, -0.05) is 30.3 Å². The number of hydrogen-bond acceptors (Lipinski definition) is 5. The molecule has 2 aromatic carbocycles. The highest BCUT2D eigenvalue weighted by molar-refractivity contribution is 5.87. The van der Waals surface area contributed by atoms with E-state index in [4.69, 9.17) is 4.84 Å². The van der Waals surface area contributed by atoms with Crippen LogP contribution in [0, 0.1) is 4.91 Å². The summed E-state index contributed by atoms with van der Waals surface area (Å²) in [4.78, 5) is 26.6. The van der Waals surface area contributed by atoms with E-state index in [0.29, 0.717) is 11.4 Å². The van der Waals surface area contributed by atoms with E-state index in [1.54, 1.807) is 18.2 Å². The molecule has 2 rings (SSSR count). The molecule has 0 bridgehead atoms. The zero-order valence-electron chi connectivity index (χ0n) is 10.5. The summed E-state index contributed by atoms with van der Waals surface area (Å²) in [7, 11) is 0. The van der Waals surface area contributed by atoms with Crippen LogP contribution in [0.1, 0.15) is 5.56 Å². The van der Waals surface area contributed by atoms with Crippen molar-refractivity contribution in [3.05, 3.63) is 71.1 Å². The summed E-state index contributed by atoms with van der Waals surface area (Å²) in [6.45, 7) is 0. The number of rotatable bonds is 5. The van der Waals surface area contributed by atoms with Crippen LogP contribution in [0.5, 0.6) is 0 Å². The fourth-order valence-electron chi connectivity index (χ4n) is 1.46. The number of nitrogens with zero attached hydrogens (tertiary/aromatic N) is 1. The maximum atomic E-state index is 11.5. The van der Waals surface area contributed by atoms with Crippen molar-refractivity contribution in [2.75, 3.05) is 5.48 Å². The molecule has 0 spiro atoms. The van der Waals surface area contributed by atoms with E-state index in [9.17, 15) is 9.70 Å². The summed E-state index contributed by atoms with van der Waals surface area (Å²) in [6, 6.07) is 15.6. The monoisotopic (exact) mass is 268 g/mol. The minimum atomic E-state index is -0.522. The quantitative estimate of drug-likeness (QED) is 0.510. The number of nitrogens with one attached hydrogen (secondary N) is 1. The van der Waals surface area contributed by atoms with Crippen molar-refractivity contribution in [2.24, 2.45) is 5.18 Å². The standard InChI is InChI=1S/C15H12N2O3/c18-15(11-6-12-4-2-1-3-5-12)20-17-14-9-7-13(16-19)8-10-14/h1-11,17H/b11-6-. The summed E-state index contributed by atoms with van der Waals surface area (Å²) in [5.41, 5.74) is 4.26. The van der Waals surface area contributed by atoms with Crippen molar-refractivity contribution in [3.8, 4) is 0 Å². The molecular weight excluding hydrogens is 256 g/mol. The van der Waals surface area contributed by atoms with Crippen molar-refractivity contribution >= 4 is 23.4 Å². The van der Waals surface area contributed by atoms with Gasteiger partial charge in [0.25, 0.3) is 0 Å². The Morgan fingerprint density at radius 1 is 1.05 bits per heavy atom. The van der Waals surface area contributed by atoms with E-state index in [-0.39, 0.29) is 0 Å². The summed E-state index contributed by atoms with van der Waals surface area (Å²) in [6.07, 6.45) is 2.98. The van der Waals surface area contributed by atoms with Gasteiger partial charge in [-0.3, -0.25) is 0 Å². The first-order valence-electron chi connectivity index (χ1n) is 5.91. The Morgan fingerprint density at radius 3 is 2.40 bits per heavy atom. The number of carbonyl (C=O) groups is 1. The SMILES string of the molecule is O=Nc1ccc(NOC(=O)/C=C\c2ccccc2)cc1. The molecule has 0 saturated carbocycles. The van der Waals surface area contributed by atoms with Crippen LogP contribution in [0.2, 0.25) is 0 Å². The van der Waals surface area contributed by atoms with Gasteiger partial charge in [0.15, 0.2) is 0 Å². The van der Waals surface area contributed by atoms with Crippen LogP contribution >= 0.6 is 0 Å². The third-order valence-corrected chi connectivity index (χ3v) is 2.45. The van der Waals surface area contributed by atoms with Crippen LogP contribution < -0.4 is 5.48 Å². The van der Waals surface area contributed by atoms with Crippen LogP contribution in [0.15, 0.2) is 65.9 Å². The zero-order valence-corrected chi connectivity index (χ0v) is 10.5. The first-order valence-corrected chi connectivity index (χ1v) is 5.91. The molecule has 5 nitrogen and oxygen atoms in total. The molecular formula is C15H12N2O3. The van der Waals surface area contributed by atoms with E-state index in [1.165, 1.54) is 18.2 Å². The van der Waals surface area contributed by atoms with Crippen LogP contribution in [0.4, 0.5) is 11.4 Å². The molecule has 0 aliphatic heterocycles. The lowest BCUT2D eigenvalue weighted by Gasteiger charge is -2.04. The molecule has 0 fully saturated rings. The van der Waals surface area contributed by atoms with Gasteiger partial charge in [-0.25, -0.2) is 10.3 Å². The van der Waals surface area contributed by atoms with E-state index < -0.39 is 5.97 Å². The van der Waals surface area contributed by atoms with Crippen molar-refractivity contribution in [1.82, 2.24) is 0 Å². The zero-order chi connectivity index (χ0) is 14.2. The van der Waals surface area contributed by atoms with Gasteiger partial charge < -0.3 is 4.84 Å². The highest BCUT2D eigenvalue weighted by Crippen LogP contribution is 2.15. The number of nitroso groups, excluding NO2 is 1. The Hall–Kier alpha value is -2.95. The highest BCUT2D eigenvalue weighted by Gasteiger charge is 1.98. The summed E-state index contributed by atoms with van der Waals surface area (Å²) < 4.78 is 0. The van der Waals surface area contributed by atoms with Gasteiger partial charge in [-0.2, -0.15) is 0 Å². The molecule has 100 valence electrons. The minimum Gasteiger partial charge on any atom is -0.339 e. The fourth-order valence-corrected chi connectivity index (χ4v) is 1.46. The third kappa shape index (κ3) is 4.06. The number of carbonyl (C=O) groups excluding carboxylic acids is 1. The van der Waals surface area contributed by atoms with Crippen LogP contribution in [0.3, 0.4) is 0 Å². The molecule has 5 heteroatoms. The van der Waals surface area contributed by atoms with Crippen molar-refractivity contribution in [1.29, 1.82) is 0 Å². The highest BCUT2D eigenvalue weighted by atomic mass is 16.7. The molecule has 0 amide bonds. The fraction of sp³-hybridized carbons (Fsp3) is 0.